The molecule has 3 heteroatoms. The van der Waals surface area contributed by atoms with Gasteiger partial charge in [-0.25, -0.2) is 4.98 Å². The van der Waals surface area contributed by atoms with E-state index in [0.717, 1.165) is 17.9 Å². The summed E-state index contributed by atoms with van der Waals surface area (Å²) in [5, 5.41) is 0. The molecule has 3 atom stereocenters. The Labute approximate surface area is 97.2 Å². The smallest absolute Gasteiger partial charge is 0.126 e. The van der Waals surface area contributed by atoms with Crippen molar-refractivity contribution < 1.29 is 0 Å². The van der Waals surface area contributed by atoms with Crippen molar-refractivity contribution in [2.45, 2.75) is 38.6 Å². The first kappa shape index (κ1) is 11.4. The van der Waals surface area contributed by atoms with Gasteiger partial charge in [0.1, 0.15) is 5.82 Å². The van der Waals surface area contributed by atoms with Crippen molar-refractivity contribution in [3.05, 3.63) is 23.9 Å². The van der Waals surface area contributed by atoms with Gasteiger partial charge < -0.3 is 11.5 Å². The van der Waals surface area contributed by atoms with Gasteiger partial charge >= 0.3 is 0 Å². The molecule has 0 spiro atoms. The van der Waals surface area contributed by atoms with Crippen LogP contribution < -0.4 is 11.5 Å². The van der Waals surface area contributed by atoms with E-state index in [-0.39, 0.29) is 6.04 Å². The van der Waals surface area contributed by atoms with Crippen molar-refractivity contribution in [3.63, 3.8) is 0 Å². The summed E-state index contributed by atoms with van der Waals surface area (Å²) in [4.78, 5) is 4.10. The molecule has 1 aliphatic rings. The molecule has 0 bridgehead atoms. The van der Waals surface area contributed by atoms with Crippen LogP contribution in [-0.2, 0) is 6.42 Å². The SMILES string of the molecule is CC1CCC(C(N)Cc2cccnc2N)C1. The fourth-order valence-corrected chi connectivity index (χ4v) is 2.68. The van der Waals surface area contributed by atoms with Crippen molar-refractivity contribution >= 4 is 5.82 Å². The fraction of sp³-hybridized carbons (Fsp3) is 0.615. The Bertz CT molecular complexity index is 351. The number of nitrogens with two attached hydrogens (primary N) is 2. The van der Waals surface area contributed by atoms with Crippen LogP contribution in [0.3, 0.4) is 0 Å². The average Bonchev–Trinajstić information content (AvgIpc) is 2.68. The Kier molecular flexibility index (Phi) is 3.44. The number of nitrogen functional groups attached to an aromatic ring is 1. The second kappa shape index (κ2) is 4.83. The van der Waals surface area contributed by atoms with Crippen LogP contribution in [0.4, 0.5) is 5.82 Å². The third-order valence-corrected chi connectivity index (χ3v) is 3.72. The summed E-state index contributed by atoms with van der Waals surface area (Å²) in [7, 11) is 0. The van der Waals surface area contributed by atoms with E-state index in [2.05, 4.69) is 11.9 Å². The summed E-state index contributed by atoms with van der Waals surface area (Å²) in [6.45, 7) is 2.31. The summed E-state index contributed by atoms with van der Waals surface area (Å²) in [5.41, 5.74) is 13.2. The highest BCUT2D eigenvalue weighted by atomic mass is 14.8. The fourth-order valence-electron chi connectivity index (χ4n) is 2.68. The zero-order chi connectivity index (χ0) is 11.5. The highest BCUT2D eigenvalue weighted by molar-refractivity contribution is 5.38. The van der Waals surface area contributed by atoms with Gasteiger partial charge in [-0.15, -0.1) is 0 Å². The third-order valence-electron chi connectivity index (χ3n) is 3.72. The molecule has 0 saturated heterocycles. The van der Waals surface area contributed by atoms with Crippen LogP contribution in [0.1, 0.15) is 31.7 Å². The summed E-state index contributed by atoms with van der Waals surface area (Å²) in [5.74, 6) is 2.13. The van der Waals surface area contributed by atoms with E-state index in [0.29, 0.717) is 11.7 Å². The van der Waals surface area contributed by atoms with Gasteiger partial charge in [-0.05, 0) is 42.7 Å². The van der Waals surface area contributed by atoms with E-state index in [9.17, 15) is 0 Å². The van der Waals surface area contributed by atoms with Crippen LogP contribution in [0, 0.1) is 11.8 Å². The van der Waals surface area contributed by atoms with E-state index in [1.165, 1.54) is 19.3 Å². The molecule has 88 valence electrons. The van der Waals surface area contributed by atoms with E-state index in [4.69, 9.17) is 11.5 Å². The Morgan fingerprint density at radius 1 is 1.50 bits per heavy atom. The van der Waals surface area contributed by atoms with Gasteiger partial charge in [0.15, 0.2) is 0 Å². The zero-order valence-corrected chi connectivity index (χ0v) is 9.89. The lowest BCUT2D eigenvalue weighted by Crippen LogP contribution is -2.31. The second-order valence-electron chi connectivity index (χ2n) is 5.09. The number of anilines is 1. The molecule has 0 radical (unpaired) electrons. The van der Waals surface area contributed by atoms with Crippen LogP contribution in [0.15, 0.2) is 18.3 Å². The van der Waals surface area contributed by atoms with Crippen LogP contribution in [0.2, 0.25) is 0 Å². The number of nitrogens with zero attached hydrogens (tertiary/aromatic N) is 1. The number of hydrogen-bond donors (Lipinski definition) is 2. The molecule has 4 N–H and O–H groups in total. The van der Waals surface area contributed by atoms with Gasteiger partial charge in [0, 0.05) is 12.2 Å². The normalized spacial score (nSPS) is 26.9. The monoisotopic (exact) mass is 219 g/mol. The lowest BCUT2D eigenvalue weighted by molar-refractivity contribution is 0.415. The molecule has 0 amide bonds. The molecule has 16 heavy (non-hydrogen) atoms. The molecule has 0 aliphatic heterocycles. The molecule has 1 fully saturated rings. The van der Waals surface area contributed by atoms with E-state index < -0.39 is 0 Å². The van der Waals surface area contributed by atoms with Gasteiger partial charge in [-0.1, -0.05) is 19.4 Å². The van der Waals surface area contributed by atoms with Gasteiger partial charge in [-0.2, -0.15) is 0 Å². The second-order valence-corrected chi connectivity index (χ2v) is 5.09. The Morgan fingerprint density at radius 3 is 2.94 bits per heavy atom. The molecule has 3 unspecified atom stereocenters. The first-order valence-corrected chi connectivity index (χ1v) is 6.11. The van der Waals surface area contributed by atoms with Gasteiger partial charge in [0.05, 0.1) is 0 Å². The van der Waals surface area contributed by atoms with Crippen molar-refractivity contribution in [2.24, 2.45) is 17.6 Å². The summed E-state index contributed by atoms with van der Waals surface area (Å²) in [6, 6.07) is 4.19. The molecule has 2 rings (SSSR count). The molecule has 1 aromatic rings. The Balaban J connectivity index is 1.97. The molecule has 1 saturated carbocycles. The van der Waals surface area contributed by atoms with Crippen molar-refractivity contribution in [2.75, 3.05) is 5.73 Å². The summed E-state index contributed by atoms with van der Waals surface area (Å²) < 4.78 is 0. The zero-order valence-electron chi connectivity index (χ0n) is 9.89. The predicted molar refractivity (Wildman–Crippen MR) is 66.8 cm³/mol. The predicted octanol–water partition coefficient (Wildman–Crippen LogP) is 1.97. The highest BCUT2D eigenvalue weighted by Crippen LogP contribution is 2.33. The largest absolute Gasteiger partial charge is 0.383 e. The van der Waals surface area contributed by atoms with Crippen LogP contribution in [0.5, 0.6) is 0 Å². The lowest BCUT2D eigenvalue weighted by Gasteiger charge is -2.19. The van der Waals surface area contributed by atoms with Crippen LogP contribution >= 0.6 is 0 Å². The lowest BCUT2D eigenvalue weighted by atomic mass is 9.92. The Hall–Kier alpha value is -1.09. The minimum Gasteiger partial charge on any atom is -0.383 e. The molecular weight excluding hydrogens is 198 g/mol. The highest BCUT2D eigenvalue weighted by Gasteiger charge is 2.26. The first-order chi connectivity index (χ1) is 7.66. The maximum absolute atomic E-state index is 6.26. The maximum atomic E-state index is 6.26. The minimum atomic E-state index is 0.233. The number of aromatic nitrogens is 1. The quantitative estimate of drug-likeness (QED) is 0.817. The minimum absolute atomic E-state index is 0.233. The maximum Gasteiger partial charge on any atom is 0.126 e. The van der Waals surface area contributed by atoms with Gasteiger partial charge in [0.2, 0.25) is 0 Å². The number of rotatable bonds is 3. The van der Waals surface area contributed by atoms with Crippen LogP contribution in [0.25, 0.3) is 0 Å². The van der Waals surface area contributed by atoms with Gasteiger partial charge in [0.25, 0.3) is 0 Å². The number of pyridine rings is 1. The summed E-state index contributed by atoms with van der Waals surface area (Å²) in [6.07, 6.45) is 6.43. The topological polar surface area (TPSA) is 64.9 Å². The average molecular weight is 219 g/mol. The van der Waals surface area contributed by atoms with Crippen LogP contribution in [-0.4, -0.2) is 11.0 Å². The molecule has 0 aromatic carbocycles. The standard InChI is InChI=1S/C13H21N3/c1-9-4-5-10(7-9)12(14)8-11-3-2-6-16-13(11)15/h2-3,6,9-10,12H,4-5,7-8,14H2,1H3,(H2,15,16). The molecular formula is C13H21N3. The summed E-state index contributed by atoms with van der Waals surface area (Å²) >= 11 is 0. The van der Waals surface area contributed by atoms with Crippen molar-refractivity contribution in [1.82, 2.24) is 4.98 Å². The van der Waals surface area contributed by atoms with E-state index in [1.54, 1.807) is 6.20 Å². The Morgan fingerprint density at radius 2 is 2.31 bits per heavy atom. The van der Waals surface area contributed by atoms with Gasteiger partial charge in [-0.3, -0.25) is 0 Å². The molecule has 3 nitrogen and oxygen atoms in total. The van der Waals surface area contributed by atoms with E-state index >= 15 is 0 Å². The molecule has 1 aromatic heterocycles. The number of hydrogen-bond acceptors (Lipinski definition) is 3. The van der Waals surface area contributed by atoms with E-state index in [1.807, 2.05) is 12.1 Å². The van der Waals surface area contributed by atoms with Crippen molar-refractivity contribution in [1.29, 1.82) is 0 Å². The van der Waals surface area contributed by atoms with Crippen molar-refractivity contribution in [3.8, 4) is 0 Å². The first-order valence-electron chi connectivity index (χ1n) is 6.11. The molecule has 1 heterocycles. The molecule has 1 aliphatic carbocycles. The third kappa shape index (κ3) is 2.53.